The quantitative estimate of drug-likeness (QED) is 0.890. The molecular weight excluding hydrogens is 223 g/mol. The standard InChI is InChI=1S/C12H13FN2S/c1-8-12(16-11(15-8)5-6-14)9-3-2-4-10(13)7-9/h2-4,7H,5-6,14H2,1H3. The van der Waals surface area contributed by atoms with Crippen molar-refractivity contribution >= 4 is 11.3 Å². The van der Waals surface area contributed by atoms with Gasteiger partial charge in [-0.25, -0.2) is 9.37 Å². The maximum Gasteiger partial charge on any atom is 0.123 e. The molecule has 0 amide bonds. The van der Waals surface area contributed by atoms with Gasteiger partial charge in [0.1, 0.15) is 5.82 Å². The molecule has 0 atom stereocenters. The molecule has 1 heterocycles. The molecule has 0 radical (unpaired) electrons. The van der Waals surface area contributed by atoms with Crippen LogP contribution in [-0.2, 0) is 6.42 Å². The van der Waals surface area contributed by atoms with Crippen LogP contribution in [0.4, 0.5) is 4.39 Å². The highest BCUT2D eigenvalue weighted by Gasteiger charge is 2.09. The van der Waals surface area contributed by atoms with Crippen LogP contribution in [0, 0.1) is 12.7 Å². The molecule has 0 saturated carbocycles. The highest BCUT2D eigenvalue weighted by atomic mass is 32.1. The van der Waals surface area contributed by atoms with Gasteiger partial charge in [0.2, 0.25) is 0 Å². The van der Waals surface area contributed by atoms with Crippen LogP contribution in [0.25, 0.3) is 10.4 Å². The SMILES string of the molecule is Cc1nc(CCN)sc1-c1cccc(F)c1. The summed E-state index contributed by atoms with van der Waals surface area (Å²) in [5, 5.41) is 1.01. The van der Waals surface area contributed by atoms with Gasteiger partial charge >= 0.3 is 0 Å². The van der Waals surface area contributed by atoms with Crippen LogP contribution in [0.15, 0.2) is 24.3 Å². The Bertz CT molecular complexity index is 494. The van der Waals surface area contributed by atoms with E-state index in [9.17, 15) is 4.39 Å². The van der Waals surface area contributed by atoms with Crippen molar-refractivity contribution < 1.29 is 4.39 Å². The second-order valence-corrected chi connectivity index (χ2v) is 4.65. The molecule has 0 fully saturated rings. The van der Waals surface area contributed by atoms with Crippen molar-refractivity contribution in [2.24, 2.45) is 5.73 Å². The predicted molar refractivity (Wildman–Crippen MR) is 65.0 cm³/mol. The minimum atomic E-state index is -0.217. The Morgan fingerprint density at radius 3 is 2.94 bits per heavy atom. The third kappa shape index (κ3) is 2.28. The number of aryl methyl sites for hydroxylation is 1. The van der Waals surface area contributed by atoms with E-state index in [2.05, 4.69) is 4.98 Å². The van der Waals surface area contributed by atoms with Gasteiger partial charge in [0.25, 0.3) is 0 Å². The summed E-state index contributed by atoms with van der Waals surface area (Å²) in [6.07, 6.45) is 0.779. The summed E-state index contributed by atoms with van der Waals surface area (Å²) in [7, 11) is 0. The second kappa shape index (κ2) is 4.72. The molecule has 0 saturated heterocycles. The summed E-state index contributed by atoms with van der Waals surface area (Å²) in [4.78, 5) is 5.45. The van der Waals surface area contributed by atoms with Crippen molar-refractivity contribution in [3.05, 3.63) is 40.8 Å². The van der Waals surface area contributed by atoms with Crippen molar-refractivity contribution in [2.45, 2.75) is 13.3 Å². The molecule has 4 heteroatoms. The minimum Gasteiger partial charge on any atom is -0.330 e. The average Bonchev–Trinajstić information content (AvgIpc) is 2.60. The summed E-state index contributed by atoms with van der Waals surface area (Å²) in [5.41, 5.74) is 7.32. The average molecular weight is 236 g/mol. The summed E-state index contributed by atoms with van der Waals surface area (Å²) in [6, 6.07) is 6.59. The summed E-state index contributed by atoms with van der Waals surface area (Å²) in [5.74, 6) is -0.217. The summed E-state index contributed by atoms with van der Waals surface area (Å²) >= 11 is 1.59. The lowest BCUT2D eigenvalue weighted by molar-refractivity contribution is 0.628. The molecule has 0 aliphatic rings. The van der Waals surface area contributed by atoms with Crippen LogP contribution in [0.3, 0.4) is 0 Å². The molecule has 0 bridgehead atoms. The zero-order valence-electron chi connectivity index (χ0n) is 9.03. The van der Waals surface area contributed by atoms with Crippen LogP contribution < -0.4 is 5.73 Å². The normalized spacial score (nSPS) is 10.7. The first kappa shape index (κ1) is 11.2. The first-order chi connectivity index (χ1) is 7.70. The fraction of sp³-hybridized carbons (Fsp3) is 0.250. The highest BCUT2D eigenvalue weighted by Crippen LogP contribution is 2.30. The molecule has 1 aromatic heterocycles. The van der Waals surface area contributed by atoms with Crippen molar-refractivity contribution in [3.8, 4) is 10.4 Å². The van der Waals surface area contributed by atoms with Crippen molar-refractivity contribution in [1.29, 1.82) is 0 Å². The molecule has 0 unspecified atom stereocenters. The van der Waals surface area contributed by atoms with E-state index in [1.54, 1.807) is 17.4 Å². The Hall–Kier alpha value is -1.26. The van der Waals surface area contributed by atoms with Gasteiger partial charge < -0.3 is 5.73 Å². The van der Waals surface area contributed by atoms with Gasteiger partial charge in [0.15, 0.2) is 0 Å². The third-order valence-electron chi connectivity index (χ3n) is 2.29. The van der Waals surface area contributed by atoms with E-state index in [1.165, 1.54) is 12.1 Å². The number of nitrogens with two attached hydrogens (primary N) is 1. The van der Waals surface area contributed by atoms with Gasteiger partial charge in [-0.15, -0.1) is 11.3 Å². The van der Waals surface area contributed by atoms with E-state index in [0.29, 0.717) is 6.54 Å². The molecule has 84 valence electrons. The van der Waals surface area contributed by atoms with E-state index < -0.39 is 0 Å². The maximum atomic E-state index is 13.1. The van der Waals surface area contributed by atoms with Crippen LogP contribution in [0.5, 0.6) is 0 Å². The zero-order valence-corrected chi connectivity index (χ0v) is 9.85. The molecule has 2 rings (SSSR count). The Balaban J connectivity index is 2.40. The van der Waals surface area contributed by atoms with E-state index in [4.69, 9.17) is 5.73 Å². The number of aromatic nitrogens is 1. The van der Waals surface area contributed by atoms with Gasteiger partial charge in [0.05, 0.1) is 15.6 Å². The summed E-state index contributed by atoms with van der Waals surface area (Å²) in [6.45, 7) is 2.53. The second-order valence-electron chi connectivity index (χ2n) is 3.57. The number of hydrogen-bond acceptors (Lipinski definition) is 3. The Kier molecular flexibility index (Phi) is 3.31. The van der Waals surface area contributed by atoms with E-state index >= 15 is 0 Å². The molecule has 1 aromatic carbocycles. The number of hydrogen-bond donors (Lipinski definition) is 1. The van der Waals surface area contributed by atoms with Gasteiger partial charge in [-0.3, -0.25) is 0 Å². The molecule has 16 heavy (non-hydrogen) atoms. The number of nitrogens with zero attached hydrogens (tertiary/aromatic N) is 1. The number of rotatable bonds is 3. The molecule has 0 aliphatic carbocycles. The number of thiazole rings is 1. The van der Waals surface area contributed by atoms with Crippen LogP contribution in [-0.4, -0.2) is 11.5 Å². The first-order valence-electron chi connectivity index (χ1n) is 5.13. The highest BCUT2D eigenvalue weighted by molar-refractivity contribution is 7.15. The van der Waals surface area contributed by atoms with E-state index in [0.717, 1.165) is 27.6 Å². The Morgan fingerprint density at radius 2 is 2.25 bits per heavy atom. The van der Waals surface area contributed by atoms with Gasteiger partial charge in [-0.1, -0.05) is 12.1 Å². The lowest BCUT2D eigenvalue weighted by atomic mass is 10.1. The van der Waals surface area contributed by atoms with Crippen molar-refractivity contribution in [2.75, 3.05) is 6.54 Å². The monoisotopic (exact) mass is 236 g/mol. The third-order valence-corrected chi connectivity index (χ3v) is 3.55. The van der Waals surface area contributed by atoms with Crippen molar-refractivity contribution in [3.63, 3.8) is 0 Å². The smallest absolute Gasteiger partial charge is 0.123 e. The Labute approximate surface area is 97.9 Å². The van der Waals surface area contributed by atoms with Crippen molar-refractivity contribution in [1.82, 2.24) is 4.98 Å². The largest absolute Gasteiger partial charge is 0.330 e. The predicted octanol–water partition coefficient (Wildman–Crippen LogP) is 2.76. The molecule has 0 aliphatic heterocycles. The topological polar surface area (TPSA) is 38.9 Å². The molecular formula is C12H13FN2S. The molecule has 2 N–H and O–H groups in total. The molecule has 2 aromatic rings. The van der Waals surface area contributed by atoms with Crippen LogP contribution in [0.1, 0.15) is 10.7 Å². The first-order valence-corrected chi connectivity index (χ1v) is 5.94. The summed E-state index contributed by atoms with van der Waals surface area (Å²) < 4.78 is 13.1. The fourth-order valence-electron chi connectivity index (χ4n) is 1.58. The number of benzene rings is 1. The maximum absolute atomic E-state index is 13.1. The lowest BCUT2D eigenvalue weighted by Gasteiger charge is -1.97. The van der Waals surface area contributed by atoms with Crippen LogP contribution in [0.2, 0.25) is 0 Å². The molecule has 0 spiro atoms. The zero-order chi connectivity index (χ0) is 11.5. The number of halogens is 1. The lowest BCUT2D eigenvalue weighted by Crippen LogP contribution is -2.01. The van der Waals surface area contributed by atoms with Gasteiger partial charge in [-0.2, -0.15) is 0 Å². The fourth-order valence-corrected chi connectivity index (χ4v) is 2.66. The molecule has 2 nitrogen and oxygen atoms in total. The van der Waals surface area contributed by atoms with Crippen LogP contribution >= 0.6 is 11.3 Å². The Morgan fingerprint density at radius 1 is 1.44 bits per heavy atom. The minimum absolute atomic E-state index is 0.217. The van der Waals surface area contributed by atoms with Gasteiger partial charge in [0, 0.05) is 6.42 Å². The van der Waals surface area contributed by atoms with E-state index in [-0.39, 0.29) is 5.82 Å². The van der Waals surface area contributed by atoms with Gasteiger partial charge in [-0.05, 0) is 31.2 Å². The van der Waals surface area contributed by atoms with E-state index in [1.807, 2.05) is 13.0 Å².